The summed E-state index contributed by atoms with van der Waals surface area (Å²) in [6.07, 6.45) is -1.21. The van der Waals surface area contributed by atoms with E-state index in [9.17, 15) is 31.2 Å². The minimum Gasteiger partial charge on any atom is -0.359 e. The highest BCUT2D eigenvalue weighted by Gasteiger charge is 2.38. The van der Waals surface area contributed by atoms with Gasteiger partial charge in [-0.15, -0.1) is 0 Å². The van der Waals surface area contributed by atoms with Gasteiger partial charge in [-0.25, -0.2) is 21.6 Å². The van der Waals surface area contributed by atoms with Crippen molar-refractivity contribution in [1.82, 2.24) is 14.9 Å². The molecule has 1 aliphatic rings. The fourth-order valence-corrected chi connectivity index (χ4v) is 4.46. The number of hydrogen-bond donors (Lipinski definition) is 2. The highest BCUT2D eigenvalue weighted by Crippen LogP contribution is 2.25. The lowest BCUT2D eigenvalue weighted by Gasteiger charge is -2.23. The molecule has 2 N–H and O–H groups in total. The van der Waals surface area contributed by atoms with Gasteiger partial charge in [0.2, 0.25) is 10.0 Å². The summed E-state index contributed by atoms with van der Waals surface area (Å²) in [6.45, 7) is -0.589. The van der Waals surface area contributed by atoms with E-state index in [0.717, 1.165) is 10.4 Å². The Hall–Kier alpha value is -2.96. The van der Waals surface area contributed by atoms with Crippen molar-refractivity contribution in [1.29, 1.82) is 0 Å². The zero-order chi connectivity index (χ0) is 22.6. The molecular formula is C19H18F3N3O5S. The SMILES string of the molecule is O=C(NCc1ccc(F)cc1)C(=O)NCC1OCCN1S(=O)(=O)c1cc(F)ccc1F. The number of benzene rings is 2. The fraction of sp³-hybridized carbons (Fsp3) is 0.263. The van der Waals surface area contributed by atoms with Crippen molar-refractivity contribution in [3.05, 3.63) is 65.5 Å². The van der Waals surface area contributed by atoms with E-state index < -0.39 is 50.4 Å². The molecule has 1 aliphatic heterocycles. The van der Waals surface area contributed by atoms with Crippen molar-refractivity contribution < 1.29 is 35.9 Å². The van der Waals surface area contributed by atoms with Gasteiger partial charge < -0.3 is 15.4 Å². The van der Waals surface area contributed by atoms with E-state index in [-0.39, 0.29) is 26.2 Å². The molecule has 166 valence electrons. The molecule has 0 radical (unpaired) electrons. The highest BCUT2D eigenvalue weighted by molar-refractivity contribution is 7.89. The molecule has 1 atom stereocenters. The Morgan fingerprint density at radius 1 is 1.00 bits per heavy atom. The molecule has 2 aromatic carbocycles. The lowest BCUT2D eigenvalue weighted by molar-refractivity contribution is -0.139. The van der Waals surface area contributed by atoms with Crippen LogP contribution < -0.4 is 10.6 Å². The second-order valence-electron chi connectivity index (χ2n) is 6.54. The number of sulfonamides is 1. The minimum atomic E-state index is -4.45. The zero-order valence-corrected chi connectivity index (χ0v) is 16.8. The van der Waals surface area contributed by atoms with E-state index in [1.807, 2.05) is 0 Å². The van der Waals surface area contributed by atoms with Crippen molar-refractivity contribution in [3.8, 4) is 0 Å². The molecule has 1 heterocycles. The van der Waals surface area contributed by atoms with Gasteiger partial charge in [-0.05, 0) is 35.9 Å². The molecule has 0 spiro atoms. The first kappa shape index (κ1) is 22.7. The van der Waals surface area contributed by atoms with Crippen molar-refractivity contribution in [2.45, 2.75) is 17.7 Å². The third-order valence-electron chi connectivity index (χ3n) is 4.43. The van der Waals surface area contributed by atoms with Gasteiger partial charge in [0.1, 0.15) is 28.6 Å². The number of hydrogen-bond acceptors (Lipinski definition) is 5. The molecule has 0 saturated carbocycles. The number of nitrogens with one attached hydrogen (secondary N) is 2. The molecule has 1 fully saturated rings. The van der Waals surface area contributed by atoms with Gasteiger partial charge in [-0.2, -0.15) is 4.31 Å². The zero-order valence-electron chi connectivity index (χ0n) is 16.0. The van der Waals surface area contributed by atoms with Gasteiger partial charge in [0, 0.05) is 13.1 Å². The quantitative estimate of drug-likeness (QED) is 0.627. The minimum absolute atomic E-state index is 0.0220. The largest absolute Gasteiger partial charge is 0.359 e. The molecular weight excluding hydrogens is 439 g/mol. The first-order valence-electron chi connectivity index (χ1n) is 9.07. The van der Waals surface area contributed by atoms with Crippen LogP contribution in [-0.4, -0.2) is 50.5 Å². The summed E-state index contributed by atoms with van der Waals surface area (Å²) in [5.74, 6) is -4.54. The number of nitrogens with zero attached hydrogens (tertiary/aromatic N) is 1. The van der Waals surface area contributed by atoms with Crippen LogP contribution in [-0.2, 0) is 30.9 Å². The van der Waals surface area contributed by atoms with Gasteiger partial charge >= 0.3 is 11.8 Å². The van der Waals surface area contributed by atoms with Crippen LogP contribution in [0.4, 0.5) is 13.2 Å². The van der Waals surface area contributed by atoms with Crippen LogP contribution in [0.3, 0.4) is 0 Å². The number of ether oxygens (including phenoxy) is 1. The van der Waals surface area contributed by atoms with Crippen LogP contribution in [0, 0.1) is 17.5 Å². The third-order valence-corrected chi connectivity index (χ3v) is 6.34. The number of carbonyl (C=O) groups excluding carboxylic acids is 2. The maximum absolute atomic E-state index is 14.0. The van der Waals surface area contributed by atoms with Crippen LogP contribution in [0.2, 0.25) is 0 Å². The molecule has 3 rings (SSSR count). The summed E-state index contributed by atoms with van der Waals surface area (Å²) >= 11 is 0. The summed E-state index contributed by atoms with van der Waals surface area (Å²) in [5.41, 5.74) is 0.566. The summed E-state index contributed by atoms with van der Waals surface area (Å²) in [4.78, 5) is 23.0. The van der Waals surface area contributed by atoms with Crippen LogP contribution in [0.1, 0.15) is 5.56 Å². The van der Waals surface area contributed by atoms with Gasteiger partial charge in [0.25, 0.3) is 0 Å². The Bertz CT molecular complexity index is 1080. The first-order chi connectivity index (χ1) is 14.7. The summed E-state index contributed by atoms with van der Waals surface area (Å²) in [7, 11) is -4.45. The molecule has 2 aromatic rings. The Kier molecular flexibility index (Phi) is 6.93. The summed E-state index contributed by atoms with van der Waals surface area (Å²) in [6, 6.07) is 7.33. The van der Waals surface area contributed by atoms with Gasteiger partial charge in [-0.1, -0.05) is 12.1 Å². The van der Waals surface area contributed by atoms with Gasteiger partial charge in [-0.3, -0.25) is 9.59 Å². The average molecular weight is 457 g/mol. The number of halogens is 3. The summed E-state index contributed by atoms with van der Waals surface area (Å²) < 4.78 is 71.7. The predicted molar refractivity (Wildman–Crippen MR) is 101 cm³/mol. The normalized spacial score (nSPS) is 16.8. The van der Waals surface area contributed by atoms with Crippen molar-refractivity contribution in [2.75, 3.05) is 19.7 Å². The number of rotatable bonds is 6. The fourth-order valence-electron chi connectivity index (χ4n) is 2.87. The van der Waals surface area contributed by atoms with Gasteiger partial charge in [0.15, 0.2) is 0 Å². The monoisotopic (exact) mass is 457 g/mol. The maximum Gasteiger partial charge on any atom is 0.309 e. The topological polar surface area (TPSA) is 105 Å². The average Bonchev–Trinajstić information content (AvgIpc) is 3.22. The molecule has 31 heavy (non-hydrogen) atoms. The molecule has 0 aliphatic carbocycles. The van der Waals surface area contributed by atoms with E-state index >= 15 is 0 Å². The van der Waals surface area contributed by atoms with E-state index in [0.29, 0.717) is 17.7 Å². The Balaban J connectivity index is 1.59. The Morgan fingerprint density at radius 3 is 2.35 bits per heavy atom. The molecule has 8 nitrogen and oxygen atoms in total. The lowest BCUT2D eigenvalue weighted by atomic mass is 10.2. The summed E-state index contributed by atoms with van der Waals surface area (Å²) in [5, 5.41) is 4.58. The molecule has 0 bridgehead atoms. The van der Waals surface area contributed by atoms with Crippen molar-refractivity contribution in [2.24, 2.45) is 0 Å². The molecule has 1 unspecified atom stereocenters. The van der Waals surface area contributed by atoms with Gasteiger partial charge in [0.05, 0.1) is 13.2 Å². The Morgan fingerprint density at radius 2 is 1.65 bits per heavy atom. The predicted octanol–water partition coefficient (Wildman–Crippen LogP) is 0.883. The first-order valence-corrected chi connectivity index (χ1v) is 10.5. The lowest BCUT2D eigenvalue weighted by Crippen LogP contribution is -2.47. The second kappa shape index (κ2) is 9.45. The van der Waals surface area contributed by atoms with Crippen molar-refractivity contribution in [3.63, 3.8) is 0 Å². The number of carbonyl (C=O) groups is 2. The van der Waals surface area contributed by atoms with Crippen LogP contribution >= 0.6 is 0 Å². The van der Waals surface area contributed by atoms with E-state index in [2.05, 4.69) is 10.6 Å². The van der Waals surface area contributed by atoms with E-state index in [4.69, 9.17) is 4.74 Å². The van der Waals surface area contributed by atoms with Crippen molar-refractivity contribution >= 4 is 21.8 Å². The molecule has 0 aromatic heterocycles. The standard InChI is InChI=1S/C19H18F3N3O5S/c20-13-3-1-12(2-4-13)10-23-18(26)19(27)24-11-17-25(7-8-30-17)31(28,29)16-9-14(21)5-6-15(16)22/h1-6,9,17H,7-8,10-11H2,(H,23,26)(H,24,27). The van der Waals surface area contributed by atoms with Crippen LogP contribution in [0.25, 0.3) is 0 Å². The van der Waals surface area contributed by atoms with Crippen LogP contribution in [0.15, 0.2) is 47.4 Å². The third kappa shape index (κ3) is 5.40. The number of amides is 2. The smallest absolute Gasteiger partial charge is 0.309 e. The van der Waals surface area contributed by atoms with E-state index in [1.165, 1.54) is 24.3 Å². The Labute approximate surface area is 176 Å². The second-order valence-corrected chi connectivity index (χ2v) is 8.39. The maximum atomic E-state index is 14.0. The van der Waals surface area contributed by atoms with Crippen LogP contribution in [0.5, 0.6) is 0 Å². The molecule has 1 saturated heterocycles. The van der Waals surface area contributed by atoms with E-state index in [1.54, 1.807) is 0 Å². The molecule has 2 amide bonds. The highest BCUT2D eigenvalue weighted by atomic mass is 32.2. The molecule has 12 heteroatoms.